The summed E-state index contributed by atoms with van der Waals surface area (Å²) in [6.07, 6.45) is 0.502. The van der Waals surface area contributed by atoms with Gasteiger partial charge in [0.2, 0.25) is 6.41 Å². The number of rotatable bonds is 7. The molecule has 0 heterocycles. The molecule has 0 saturated heterocycles. The Morgan fingerprint density at radius 1 is 1.42 bits per heavy atom. The molecule has 104 valence electrons. The molecule has 0 aromatic heterocycles. The zero-order valence-electron chi connectivity index (χ0n) is 10.5. The van der Waals surface area contributed by atoms with Crippen molar-refractivity contribution in [2.45, 2.75) is 12.5 Å². The predicted octanol–water partition coefficient (Wildman–Crippen LogP) is 1.21. The van der Waals surface area contributed by atoms with E-state index in [1.165, 1.54) is 14.2 Å². The van der Waals surface area contributed by atoms with Gasteiger partial charge in [-0.05, 0) is 17.7 Å². The molecule has 0 aliphatic rings. The fourth-order valence-electron chi connectivity index (χ4n) is 1.57. The van der Waals surface area contributed by atoms with Crippen molar-refractivity contribution in [3.05, 3.63) is 22.2 Å². The van der Waals surface area contributed by atoms with Crippen LogP contribution in [0.15, 0.2) is 16.6 Å². The maximum atomic E-state index is 11.0. The van der Waals surface area contributed by atoms with Crippen molar-refractivity contribution in [2.24, 2.45) is 0 Å². The summed E-state index contributed by atoms with van der Waals surface area (Å²) in [5.41, 5.74) is 0.694. The van der Waals surface area contributed by atoms with Crippen LogP contribution in [0.5, 0.6) is 11.5 Å². The second kappa shape index (κ2) is 6.98. The highest BCUT2D eigenvalue weighted by Crippen LogP contribution is 2.33. The molecule has 19 heavy (non-hydrogen) atoms. The topological polar surface area (TPSA) is 84.9 Å². The normalized spacial score (nSPS) is 11.5. The van der Waals surface area contributed by atoms with E-state index in [-0.39, 0.29) is 6.42 Å². The van der Waals surface area contributed by atoms with E-state index in [4.69, 9.17) is 14.6 Å². The molecule has 1 unspecified atom stereocenters. The summed E-state index contributed by atoms with van der Waals surface area (Å²) in [6.45, 7) is 0. The molecule has 0 saturated carbocycles. The molecular weight excluding hydrogens is 318 g/mol. The first-order valence-electron chi connectivity index (χ1n) is 5.36. The second-order valence-electron chi connectivity index (χ2n) is 3.68. The average Bonchev–Trinajstić information content (AvgIpc) is 2.39. The summed E-state index contributed by atoms with van der Waals surface area (Å²) in [6, 6.07) is 2.37. The quantitative estimate of drug-likeness (QED) is 0.733. The Morgan fingerprint density at radius 2 is 2.00 bits per heavy atom. The predicted molar refractivity (Wildman–Crippen MR) is 71.6 cm³/mol. The molecule has 0 bridgehead atoms. The van der Waals surface area contributed by atoms with Gasteiger partial charge in [-0.3, -0.25) is 4.79 Å². The Morgan fingerprint density at radius 3 is 2.47 bits per heavy atom. The van der Waals surface area contributed by atoms with Crippen molar-refractivity contribution in [1.29, 1.82) is 0 Å². The van der Waals surface area contributed by atoms with Crippen LogP contribution in [-0.4, -0.2) is 37.7 Å². The third kappa shape index (κ3) is 3.85. The van der Waals surface area contributed by atoms with E-state index in [1.54, 1.807) is 12.1 Å². The van der Waals surface area contributed by atoms with Crippen molar-refractivity contribution in [3.63, 3.8) is 0 Å². The maximum Gasteiger partial charge on any atom is 0.326 e. The molecule has 0 fully saturated rings. The summed E-state index contributed by atoms with van der Waals surface area (Å²) < 4.78 is 11.0. The Hall–Kier alpha value is -1.76. The second-order valence-corrected chi connectivity index (χ2v) is 4.53. The van der Waals surface area contributed by atoms with Crippen LogP contribution in [0.25, 0.3) is 0 Å². The number of nitrogens with one attached hydrogen (secondary N) is 1. The first-order valence-corrected chi connectivity index (χ1v) is 6.15. The highest BCUT2D eigenvalue weighted by Gasteiger charge is 2.19. The molecular formula is C12H14BrNO5. The van der Waals surface area contributed by atoms with Gasteiger partial charge in [0.05, 0.1) is 14.2 Å². The van der Waals surface area contributed by atoms with Gasteiger partial charge in [-0.25, -0.2) is 4.79 Å². The van der Waals surface area contributed by atoms with Crippen LogP contribution in [-0.2, 0) is 16.0 Å². The first kappa shape index (κ1) is 15.3. The SMILES string of the molecule is COc1cc(Br)c(CC(NC=O)C(=O)O)cc1OC. The Labute approximate surface area is 118 Å². The maximum absolute atomic E-state index is 11.0. The lowest BCUT2D eigenvalue weighted by Gasteiger charge is -2.15. The van der Waals surface area contributed by atoms with Gasteiger partial charge in [0.25, 0.3) is 0 Å². The van der Waals surface area contributed by atoms with Crippen LogP contribution in [0.3, 0.4) is 0 Å². The summed E-state index contributed by atoms with van der Waals surface area (Å²) in [5, 5.41) is 11.2. The summed E-state index contributed by atoms with van der Waals surface area (Å²) in [7, 11) is 3.01. The standard InChI is InChI=1S/C12H14BrNO5/c1-18-10-4-7(8(13)5-11(10)19-2)3-9(12(16)17)14-6-15/h4-6,9H,3H2,1-2H3,(H,14,15)(H,16,17). The molecule has 1 rings (SSSR count). The Balaban J connectivity index is 3.05. The van der Waals surface area contributed by atoms with Crippen LogP contribution in [0.4, 0.5) is 0 Å². The number of hydrogen-bond acceptors (Lipinski definition) is 4. The minimum atomic E-state index is -1.10. The molecule has 7 heteroatoms. The molecule has 2 N–H and O–H groups in total. The number of carboxylic acids is 1. The van der Waals surface area contributed by atoms with E-state index < -0.39 is 12.0 Å². The number of carbonyl (C=O) groups is 2. The number of aliphatic carboxylic acids is 1. The Bertz CT molecular complexity index is 477. The van der Waals surface area contributed by atoms with E-state index in [2.05, 4.69) is 21.2 Å². The number of amides is 1. The van der Waals surface area contributed by atoms with Gasteiger partial charge in [0.1, 0.15) is 6.04 Å². The highest BCUT2D eigenvalue weighted by atomic mass is 79.9. The van der Waals surface area contributed by atoms with E-state index in [1.807, 2.05) is 0 Å². The lowest BCUT2D eigenvalue weighted by molar-refractivity contribution is -0.140. The molecule has 1 atom stereocenters. The number of ether oxygens (including phenoxy) is 2. The molecule has 0 spiro atoms. The fourth-order valence-corrected chi connectivity index (χ4v) is 2.06. The van der Waals surface area contributed by atoms with Gasteiger partial charge in [-0.2, -0.15) is 0 Å². The molecule has 1 aromatic rings. The van der Waals surface area contributed by atoms with E-state index in [0.717, 1.165) is 0 Å². The zero-order chi connectivity index (χ0) is 14.4. The van der Waals surface area contributed by atoms with E-state index in [0.29, 0.717) is 27.9 Å². The largest absolute Gasteiger partial charge is 0.493 e. The third-order valence-electron chi connectivity index (χ3n) is 2.54. The monoisotopic (exact) mass is 331 g/mol. The van der Waals surface area contributed by atoms with Crippen LogP contribution < -0.4 is 14.8 Å². The summed E-state index contributed by atoms with van der Waals surface area (Å²) >= 11 is 3.34. The molecule has 0 radical (unpaired) electrons. The number of carbonyl (C=O) groups excluding carboxylic acids is 1. The van der Waals surface area contributed by atoms with Crippen LogP contribution >= 0.6 is 15.9 Å². The molecule has 0 aliphatic carbocycles. The first-order chi connectivity index (χ1) is 9.03. The van der Waals surface area contributed by atoms with Crippen molar-refractivity contribution in [1.82, 2.24) is 5.32 Å². The number of halogens is 1. The van der Waals surface area contributed by atoms with Crippen LogP contribution in [0, 0.1) is 0 Å². The summed E-state index contributed by atoms with van der Waals surface area (Å²) in [5.74, 6) is -0.0712. The lowest BCUT2D eigenvalue weighted by atomic mass is 10.1. The van der Waals surface area contributed by atoms with Crippen molar-refractivity contribution in [2.75, 3.05) is 14.2 Å². The minimum Gasteiger partial charge on any atom is -0.493 e. The minimum absolute atomic E-state index is 0.134. The van der Waals surface area contributed by atoms with Crippen molar-refractivity contribution >= 4 is 28.3 Å². The number of methoxy groups -OCH3 is 2. The molecule has 6 nitrogen and oxygen atoms in total. The Kier molecular flexibility index (Phi) is 5.62. The van der Waals surface area contributed by atoms with Crippen molar-refractivity contribution in [3.8, 4) is 11.5 Å². The van der Waals surface area contributed by atoms with Gasteiger partial charge < -0.3 is 19.9 Å². The van der Waals surface area contributed by atoms with Gasteiger partial charge >= 0.3 is 5.97 Å². The van der Waals surface area contributed by atoms with E-state index in [9.17, 15) is 9.59 Å². The number of benzene rings is 1. The van der Waals surface area contributed by atoms with Crippen LogP contribution in [0.2, 0.25) is 0 Å². The average molecular weight is 332 g/mol. The number of carboxylic acid groups (broad SMARTS) is 1. The molecule has 1 aromatic carbocycles. The van der Waals surface area contributed by atoms with Crippen molar-refractivity contribution < 1.29 is 24.2 Å². The van der Waals surface area contributed by atoms with Gasteiger partial charge in [-0.1, -0.05) is 15.9 Å². The lowest BCUT2D eigenvalue weighted by Crippen LogP contribution is -2.37. The van der Waals surface area contributed by atoms with Gasteiger partial charge in [-0.15, -0.1) is 0 Å². The van der Waals surface area contributed by atoms with E-state index >= 15 is 0 Å². The van der Waals surface area contributed by atoms with Gasteiger partial charge in [0, 0.05) is 10.9 Å². The van der Waals surface area contributed by atoms with Crippen LogP contribution in [0.1, 0.15) is 5.56 Å². The summed E-state index contributed by atoms with van der Waals surface area (Å²) in [4.78, 5) is 21.4. The highest BCUT2D eigenvalue weighted by molar-refractivity contribution is 9.10. The molecule has 0 aliphatic heterocycles. The smallest absolute Gasteiger partial charge is 0.326 e. The third-order valence-corrected chi connectivity index (χ3v) is 3.28. The van der Waals surface area contributed by atoms with Gasteiger partial charge in [0.15, 0.2) is 11.5 Å². The number of hydrogen-bond donors (Lipinski definition) is 2. The fraction of sp³-hybridized carbons (Fsp3) is 0.333. The molecule has 1 amide bonds. The zero-order valence-corrected chi connectivity index (χ0v) is 12.1.